The summed E-state index contributed by atoms with van der Waals surface area (Å²) in [5, 5.41) is 8.49. The minimum absolute atomic E-state index is 0.0750. The number of aromatic nitrogens is 6. The SMILES string of the molecule is C#CCn1nnc2c(-c3ncc(C)s3)ncn2c1=O. The summed E-state index contributed by atoms with van der Waals surface area (Å²) in [7, 11) is 0. The van der Waals surface area contributed by atoms with Gasteiger partial charge in [0.2, 0.25) is 0 Å². The van der Waals surface area contributed by atoms with E-state index in [0.29, 0.717) is 16.3 Å². The van der Waals surface area contributed by atoms with Gasteiger partial charge in [0.05, 0.1) is 0 Å². The Hall–Kier alpha value is -2.53. The topological polar surface area (TPSA) is 78.0 Å². The quantitative estimate of drug-likeness (QED) is 0.629. The first kappa shape index (κ1) is 11.6. The van der Waals surface area contributed by atoms with Crippen molar-refractivity contribution >= 4 is 17.0 Å². The molecule has 0 saturated heterocycles. The number of rotatable bonds is 2. The predicted octanol–water partition coefficient (Wildman–Crippen LogP) is 0.351. The maximum atomic E-state index is 12.0. The van der Waals surface area contributed by atoms with Crippen LogP contribution in [0.5, 0.6) is 0 Å². The molecule has 0 aliphatic carbocycles. The third-order valence-electron chi connectivity index (χ3n) is 2.48. The number of hydrogen-bond donors (Lipinski definition) is 0. The molecule has 0 aliphatic rings. The lowest BCUT2D eigenvalue weighted by molar-refractivity contribution is 0.577. The molecule has 0 amide bonds. The molecule has 0 aliphatic heterocycles. The van der Waals surface area contributed by atoms with Gasteiger partial charge in [-0.05, 0) is 6.92 Å². The third kappa shape index (κ3) is 1.80. The van der Waals surface area contributed by atoms with E-state index in [2.05, 4.69) is 26.2 Å². The second-order valence-electron chi connectivity index (χ2n) is 3.80. The van der Waals surface area contributed by atoms with Crippen LogP contribution in [0.25, 0.3) is 16.3 Å². The molecule has 0 N–H and O–H groups in total. The molecule has 0 aromatic carbocycles. The summed E-state index contributed by atoms with van der Waals surface area (Å²) in [6.45, 7) is 2.02. The molecule has 0 spiro atoms. The van der Waals surface area contributed by atoms with Crippen LogP contribution in [-0.2, 0) is 6.54 Å². The van der Waals surface area contributed by atoms with E-state index in [9.17, 15) is 4.79 Å². The highest BCUT2D eigenvalue weighted by atomic mass is 32.1. The van der Waals surface area contributed by atoms with Crippen molar-refractivity contribution in [3.63, 3.8) is 0 Å². The van der Waals surface area contributed by atoms with Crippen LogP contribution in [0, 0.1) is 19.3 Å². The summed E-state index contributed by atoms with van der Waals surface area (Å²) in [4.78, 5) is 21.5. The van der Waals surface area contributed by atoms with Crippen LogP contribution in [0.15, 0.2) is 17.3 Å². The summed E-state index contributed by atoms with van der Waals surface area (Å²) in [5.41, 5.74) is 0.568. The predicted molar refractivity (Wildman–Crippen MR) is 69.7 cm³/mol. The lowest BCUT2D eigenvalue weighted by Gasteiger charge is -1.98. The van der Waals surface area contributed by atoms with Gasteiger partial charge in [-0.3, -0.25) is 0 Å². The van der Waals surface area contributed by atoms with Crippen molar-refractivity contribution in [2.75, 3.05) is 0 Å². The first-order chi connectivity index (χ1) is 9.20. The average Bonchev–Trinajstić information content (AvgIpc) is 2.99. The van der Waals surface area contributed by atoms with Gasteiger partial charge in [-0.15, -0.1) is 22.9 Å². The second-order valence-corrected chi connectivity index (χ2v) is 5.03. The standard InChI is InChI=1S/C11H8N6OS/c1-3-4-17-11(18)16-6-13-8(9(16)14-15-17)10-12-5-7(2)19-10/h1,5-6H,4H2,2H3. The van der Waals surface area contributed by atoms with Crippen molar-refractivity contribution < 1.29 is 0 Å². The maximum Gasteiger partial charge on any atom is 0.353 e. The molecular formula is C11H8N6OS. The van der Waals surface area contributed by atoms with E-state index in [0.717, 1.165) is 9.56 Å². The fraction of sp³-hybridized carbons (Fsp3) is 0.182. The van der Waals surface area contributed by atoms with Gasteiger partial charge in [-0.2, -0.15) is 4.68 Å². The third-order valence-corrected chi connectivity index (χ3v) is 3.40. The van der Waals surface area contributed by atoms with E-state index < -0.39 is 0 Å². The lowest BCUT2D eigenvalue weighted by Crippen LogP contribution is -2.29. The van der Waals surface area contributed by atoms with Gasteiger partial charge in [0, 0.05) is 11.1 Å². The van der Waals surface area contributed by atoms with Gasteiger partial charge in [0.25, 0.3) is 0 Å². The number of terminal acetylenes is 1. The molecule has 0 unspecified atom stereocenters. The Morgan fingerprint density at radius 1 is 1.47 bits per heavy atom. The molecule has 0 fully saturated rings. The molecule has 19 heavy (non-hydrogen) atoms. The zero-order valence-corrected chi connectivity index (χ0v) is 10.8. The Bertz CT molecular complexity index is 852. The van der Waals surface area contributed by atoms with Crippen molar-refractivity contribution in [2.24, 2.45) is 0 Å². The van der Waals surface area contributed by atoms with Crippen LogP contribution >= 0.6 is 11.3 Å². The number of thiazole rings is 1. The summed E-state index contributed by atoms with van der Waals surface area (Å²) in [6, 6.07) is 0. The lowest BCUT2D eigenvalue weighted by atomic mass is 10.5. The molecule has 3 rings (SSSR count). The van der Waals surface area contributed by atoms with E-state index in [1.54, 1.807) is 6.20 Å². The van der Waals surface area contributed by atoms with Crippen LogP contribution in [0.4, 0.5) is 0 Å². The summed E-state index contributed by atoms with van der Waals surface area (Å²) in [6.07, 6.45) is 8.32. The van der Waals surface area contributed by atoms with Crippen LogP contribution in [0.3, 0.4) is 0 Å². The Kier molecular flexibility index (Phi) is 2.61. The van der Waals surface area contributed by atoms with Gasteiger partial charge in [-0.25, -0.2) is 19.2 Å². The number of aryl methyl sites for hydroxylation is 1. The fourth-order valence-electron chi connectivity index (χ4n) is 1.64. The number of fused-ring (bicyclic) bond motifs is 1. The largest absolute Gasteiger partial charge is 0.353 e. The minimum Gasteiger partial charge on any atom is -0.245 e. The molecular weight excluding hydrogens is 264 g/mol. The zero-order chi connectivity index (χ0) is 13.4. The number of nitrogens with zero attached hydrogens (tertiary/aromatic N) is 6. The number of imidazole rings is 1. The molecule has 0 saturated carbocycles. The van der Waals surface area contributed by atoms with Crippen molar-refractivity contribution in [3.8, 4) is 23.0 Å². The first-order valence-corrected chi connectivity index (χ1v) is 6.19. The van der Waals surface area contributed by atoms with Crippen LogP contribution in [-0.4, -0.2) is 29.4 Å². The molecule has 0 atom stereocenters. The van der Waals surface area contributed by atoms with Gasteiger partial charge in [-0.1, -0.05) is 11.1 Å². The minimum atomic E-state index is -0.366. The Labute approximate surface area is 111 Å². The fourth-order valence-corrected chi connectivity index (χ4v) is 2.39. The molecule has 0 radical (unpaired) electrons. The van der Waals surface area contributed by atoms with Crippen molar-refractivity contribution in [2.45, 2.75) is 13.5 Å². The highest BCUT2D eigenvalue weighted by Crippen LogP contribution is 2.25. The molecule has 3 aromatic heterocycles. The van der Waals surface area contributed by atoms with Gasteiger partial charge in [0.15, 0.2) is 5.65 Å². The summed E-state index contributed by atoms with van der Waals surface area (Å²) in [5.74, 6) is 2.35. The normalized spacial score (nSPS) is 10.7. The van der Waals surface area contributed by atoms with Crippen LogP contribution in [0.1, 0.15) is 4.88 Å². The molecule has 7 nitrogen and oxygen atoms in total. The van der Waals surface area contributed by atoms with E-state index >= 15 is 0 Å². The molecule has 94 valence electrons. The average molecular weight is 272 g/mol. The van der Waals surface area contributed by atoms with Gasteiger partial charge in [0.1, 0.15) is 23.6 Å². The molecule has 3 aromatic rings. The van der Waals surface area contributed by atoms with E-state index in [-0.39, 0.29) is 12.2 Å². The van der Waals surface area contributed by atoms with E-state index in [1.165, 1.54) is 22.1 Å². The summed E-state index contributed by atoms with van der Waals surface area (Å²) < 4.78 is 2.42. The van der Waals surface area contributed by atoms with Crippen molar-refractivity contribution in [1.82, 2.24) is 29.4 Å². The monoisotopic (exact) mass is 272 g/mol. The van der Waals surface area contributed by atoms with Crippen molar-refractivity contribution in [3.05, 3.63) is 27.9 Å². The Morgan fingerprint density at radius 2 is 2.32 bits per heavy atom. The number of hydrogen-bond acceptors (Lipinski definition) is 6. The smallest absolute Gasteiger partial charge is 0.245 e. The summed E-state index contributed by atoms with van der Waals surface area (Å²) >= 11 is 1.48. The second kappa shape index (κ2) is 4.29. The van der Waals surface area contributed by atoms with Crippen molar-refractivity contribution in [1.29, 1.82) is 0 Å². The molecule has 8 heteroatoms. The van der Waals surface area contributed by atoms with Gasteiger partial charge < -0.3 is 0 Å². The Morgan fingerprint density at radius 3 is 3.00 bits per heavy atom. The Balaban J connectivity index is 2.23. The first-order valence-electron chi connectivity index (χ1n) is 5.38. The zero-order valence-electron chi connectivity index (χ0n) is 9.94. The van der Waals surface area contributed by atoms with Crippen LogP contribution in [0.2, 0.25) is 0 Å². The van der Waals surface area contributed by atoms with Gasteiger partial charge >= 0.3 is 5.69 Å². The maximum absolute atomic E-state index is 12.0. The van der Waals surface area contributed by atoms with E-state index in [4.69, 9.17) is 6.42 Å². The molecule has 0 bridgehead atoms. The molecule has 3 heterocycles. The van der Waals surface area contributed by atoms with Crippen LogP contribution < -0.4 is 5.69 Å². The van der Waals surface area contributed by atoms with E-state index in [1.807, 2.05) is 6.92 Å². The highest BCUT2D eigenvalue weighted by Gasteiger charge is 2.14. The highest BCUT2D eigenvalue weighted by molar-refractivity contribution is 7.15.